The van der Waals surface area contributed by atoms with Crippen LogP contribution in [0.4, 0.5) is 5.69 Å². The van der Waals surface area contributed by atoms with Gasteiger partial charge < -0.3 is 10.5 Å². The fourth-order valence-corrected chi connectivity index (χ4v) is 1.67. The van der Waals surface area contributed by atoms with Crippen molar-refractivity contribution >= 4 is 12.0 Å². The molecule has 3 heteroatoms. The second-order valence-corrected chi connectivity index (χ2v) is 3.70. The normalized spacial score (nSPS) is 9.94. The number of aldehydes is 1. The van der Waals surface area contributed by atoms with Gasteiger partial charge in [0.15, 0.2) is 0 Å². The number of hydrogen-bond acceptors (Lipinski definition) is 3. The molecule has 0 aliphatic rings. The molecule has 0 heterocycles. The van der Waals surface area contributed by atoms with E-state index in [0.717, 1.165) is 17.4 Å². The Kier molecular flexibility index (Phi) is 3.10. The standard InChI is InChI=1S/C14H13NO2/c1-17-14-7-6-12(8-13(14)15)11-4-2-10(9-16)3-5-11/h2-9H,15H2,1H3. The van der Waals surface area contributed by atoms with Gasteiger partial charge in [0.05, 0.1) is 12.8 Å². The summed E-state index contributed by atoms with van der Waals surface area (Å²) in [5, 5.41) is 0. The van der Waals surface area contributed by atoms with E-state index in [4.69, 9.17) is 10.5 Å². The molecule has 2 aromatic rings. The quantitative estimate of drug-likeness (QED) is 0.648. The van der Waals surface area contributed by atoms with E-state index in [1.54, 1.807) is 19.2 Å². The van der Waals surface area contributed by atoms with E-state index < -0.39 is 0 Å². The number of anilines is 1. The Hall–Kier alpha value is -2.29. The number of nitrogen functional groups attached to an aromatic ring is 1. The molecule has 2 rings (SSSR count). The minimum atomic E-state index is 0.601. The maximum atomic E-state index is 10.6. The zero-order valence-electron chi connectivity index (χ0n) is 9.51. The molecular weight excluding hydrogens is 214 g/mol. The molecule has 3 nitrogen and oxygen atoms in total. The minimum Gasteiger partial charge on any atom is -0.495 e. The number of benzene rings is 2. The highest BCUT2D eigenvalue weighted by molar-refractivity contribution is 5.77. The summed E-state index contributed by atoms with van der Waals surface area (Å²) in [6, 6.07) is 13.0. The highest BCUT2D eigenvalue weighted by Gasteiger charge is 2.02. The molecule has 0 amide bonds. The van der Waals surface area contributed by atoms with Gasteiger partial charge >= 0.3 is 0 Å². The maximum absolute atomic E-state index is 10.6. The number of carbonyl (C=O) groups is 1. The van der Waals surface area contributed by atoms with E-state index in [1.807, 2.05) is 30.3 Å². The Labute approximate surface area is 99.8 Å². The van der Waals surface area contributed by atoms with E-state index >= 15 is 0 Å². The summed E-state index contributed by atoms with van der Waals surface area (Å²) in [7, 11) is 1.59. The van der Waals surface area contributed by atoms with Gasteiger partial charge in [0.2, 0.25) is 0 Å². The van der Waals surface area contributed by atoms with Gasteiger partial charge in [-0.25, -0.2) is 0 Å². The second-order valence-electron chi connectivity index (χ2n) is 3.70. The first kappa shape index (κ1) is 11.2. The molecule has 0 atom stereocenters. The van der Waals surface area contributed by atoms with Gasteiger partial charge in [-0.05, 0) is 23.3 Å². The summed E-state index contributed by atoms with van der Waals surface area (Å²) in [4.78, 5) is 10.6. The third-order valence-corrected chi connectivity index (χ3v) is 2.61. The van der Waals surface area contributed by atoms with Gasteiger partial charge in [-0.2, -0.15) is 0 Å². The van der Waals surface area contributed by atoms with Crippen LogP contribution in [0.3, 0.4) is 0 Å². The predicted molar refractivity (Wildman–Crippen MR) is 68.2 cm³/mol. The van der Waals surface area contributed by atoms with Crippen molar-refractivity contribution in [3.05, 3.63) is 48.0 Å². The molecule has 0 saturated carbocycles. The van der Waals surface area contributed by atoms with Crippen LogP contribution in [0.25, 0.3) is 11.1 Å². The molecule has 0 saturated heterocycles. The predicted octanol–water partition coefficient (Wildman–Crippen LogP) is 2.76. The van der Waals surface area contributed by atoms with Crippen molar-refractivity contribution in [2.24, 2.45) is 0 Å². The van der Waals surface area contributed by atoms with E-state index in [0.29, 0.717) is 17.0 Å². The summed E-state index contributed by atoms with van der Waals surface area (Å²) >= 11 is 0. The first-order valence-electron chi connectivity index (χ1n) is 5.23. The number of rotatable bonds is 3. The number of ether oxygens (including phenoxy) is 1. The van der Waals surface area contributed by atoms with Crippen LogP contribution in [0, 0.1) is 0 Å². The molecule has 0 aromatic heterocycles. The molecule has 0 unspecified atom stereocenters. The maximum Gasteiger partial charge on any atom is 0.150 e. The van der Waals surface area contributed by atoms with Gasteiger partial charge in [0.25, 0.3) is 0 Å². The summed E-state index contributed by atoms with van der Waals surface area (Å²) in [5.74, 6) is 0.665. The lowest BCUT2D eigenvalue weighted by Crippen LogP contribution is -1.92. The second kappa shape index (κ2) is 4.70. The summed E-state index contributed by atoms with van der Waals surface area (Å²) in [5.41, 5.74) is 9.13. The minimum absolute atomic E-state index is 0.601. The molecule has 86 valence electrons. The lowest BCUT2D eigenvalue weighted by molar-refractivity contribution is 0.112. The van der Waals surface area contributed by atoms with Gasteiger partial charge in [-0.15, -0.1) is 0 Å². The molecule has 2 N–H and O–H groups in total. The molecule has 17 heavy (non-hydrogen) atoms. The van der Waals surface area contributed by atoms with E-state index in [9.17, 15) is 4.79 Å². The molecule has 0 aliphatic heterocycles. The fourth-order valence-electron chi connectivity index (χ4n) is 1.67. The van der Waals surface area contributed by atoms with Crippen LogP contribution < -0.4 is 10.5 Å². The highest BCUT2D eigenvalue weighted by Crippen LogP contribution is 2.28. The lowest BCUT2D eigenvalue weighted by Gasteiger charge is -2.07. The van der Waals surface area contributed by atoms with Crippen LogP contribution in [-0.2, 0) is 0 Å². The molecule has 0 fully saturated rings. The third kappa shape index (κ3) is 2.28. The Balaban J connectivity index is 2.38. The van der Waals surface area contributed by atoms with Crippen LogP contribution in [0.2, 0.25) is 0 Å². The monoisotopic (exact) mass is 227 g/mol. The smallest absolute Gasteiger partial charge is 0.150 e. The molecule has 0 spiro atoms. The summed E-state index contributed by atoms with van der Waals surface area (Å²) in [6.45, 7) is 0. The third-order valence-electron chi connectivity index (χ3n) is 2.61. The van der Waals surface area contributed by atoms with Crippen LogP contribution in [-0.4, -0.2) is 13.4 Å². The van der Waals surface area contributed by atoms with Crippen molar-refractivity contribution in [1.82, 2.24) is 0 Å². The van der Waals surface area contributed by atoms with Crippen molar-refractivity contribution in [2.45, 2.75) is 0 Å². The Morgan fingerprint density at radius 1 is 1.06 bits per heavy atom. The number of carbonyl (C=O) groups excluding carboxylic acids is 1. The van der Waals surface area contributed by atoms with E-state index in [-0.39, 0.29) is 0 Å². The van der Waals surface area contributed by atoms with E-state index in [2.05, 4.69) is 0 Å². The first-order valence-corrected chi connectivity index (χ1v) is 5.23. The Morgan fingerprint density at radius 3 is 2.24 bits per heavy atom. The molecule has 2 aromatic carbocycles. The Bertz CT molecular complexity index is 532. The van der Waals surface area contributed by atoms with Crippen molar-refractivity contribution in [3.8, 4) is 16.9 Å². The topological polar surface area (TPSA) is 52.3 Å². The van der Waals surface area contributed by atoms with Crippen LogP contribution in [0.15, 0.2) is 42.5 Å². The number of methoxy groups -OCH3 is 1. The van der Waals surface area contributed by atoms with Crippen LogP contribution in [0.5, 0.6) is 5.75 Å². The van der Waals surface area contributed by atoms with Crippen molar-refractivity contribution in [2.75, 3.05) is 12.8 Å². The van der Waals surface area contributed by atoms with Crippen LogP contribution >= 0.6 is 0 Å². The molecule has 0 radical (unpaired) electrons. The van der Waals surface area contributed by atoms with Crippen LogP contribution in [0.1, 0.15) is 10.4 Å². The first-order chi connectivity index (χ1) is 8.24. The fraction of sp³-hybridized carbons (Fsp3) is 0.0714. The summed E-state index contributed by atoms with van der Waals surface area (Å²) in [6.07, 6.45) is 0.826. The number of hydrogen-bond donors (Lipinski definition) is 1. The van der Waals surface area contributed by atoms with Gasteiger partial charge in [-0.3, -0.25) is 4.79 Å². The lowest BCUT2D eigenvalue weighted by atomic mass is 10.0. The summed E-state index contributed by atoms with van der Waals surface area (Å²) < 4.78 is 5.10. The molecule has 0 bridgehead atoms. The Morgan fingerprint density at radius 2 is 1.71 bits per heavy atom. The highest BCUT2D eigenvalue weighted by atomic mass is 16.5. The molecule has 0 aliphatic carbocycles. The van der Waals surface area contributed by atoms with Gasteiger partial charge in [0.1, 0.15) is 12.0 Å². The molecular formula is C14H13NO2. The largest absolute Gasteiger partial charge is 0.495 e. The van der Waals surface area contributed by atoms with Gasteiger partial charge in [0, 0.05) is 5.56 Å². The van der Waals surface area contributed by atoms with Crippen molar-refractivity contribution in [1.29, 1.82) is 0 Å². The van der Waals surface area contributed by atoms with Gasteiger partial charge in [-0.1, -0.05) is 30.3 Å². The average molecular weight is 227 g/mol. The SMILES string of the molecule is COc1ccc(-c2ccc(C=O)cc2)cc1N. The number of nitrogens with two attached hydrogens (primary N) is 1. The zero-order chi connectivity index (χ0) is 12.3. The van der Waals surface area contributed by atoms with E-state index in [1.165, 1.54) is 0 Å². The zero-order valence-corrected chi connectivity index (χ0v) is 9.51. The van der Waals surface area contributed by atoms with Crippen molar-refractivity contribution in [3.63, 3.8) is 0 Å². The van der Waals surface area contributed by atoms with Crippen molar-refractivity contribution < 1.29 is 9.53 Å². The average Bonchev–Trinajstić information content (AvgIpc) is 2.39.